The molecule has 2 aromatic rings. The molecule has 4 nitrogen and oxygen atoms in total. The fraction of sp³-hybridized carbons (Fsp3) is 0.143. The Balaban J connectivity index is 1.64. The van der Waals surface area contributed by atoms with Crippen LogP contribution in [-0.2, 0) is 6.54 Å². The highest BCUT2D eigenvalue weighted by atomic mass is 35.5. The lowest BCUT2D eigenvalue weighted by Gasteiger charge is -2.10. The van der Waals surface area contributed by atoms with Crippen molar-refractivity contribution in [3.63, 3.8) is 0 Å². The summed E-state index contributed by atoms with van der Waals surface area (Å²) in [4.78, 5) is 0. The molecule has 0 bridgehead atoms. The number of hydrogen-bond donors (Lipinski definition) is 2. The van der Waals surface area contributed by atoms with Gasteiger partial charge in [0.15, 0.2) is 11.5 Å². The van der Waals surface area contributed by atoms with E-state index in [9.17, 15) is 0 Å². The van der Waals surface area contributed by atoms with Gasteiger partial charge in [-0.25, -0.2) is 5.43 Å². The summed E-state index contributed by atoms with van der Waals surface area (Å²) < 4.78 is 10.6. The Morgan fingerprint density at radius 2 is 1.79 bits per heavy atom. The Labute approximate surface area is 116 Å². The van der Waals surface area contributed by atoms with Crippen LogP contribution in [0.15, 0.2) is 42.5 Å². The van der Waals surface area contributed by atoms with Gasteiger partial charge >= 0.3 is 0 Å². The van der Waals surface area contributed by atoms with Crippen molar-refractivity contribution in [1.29, 1.82) is 0 Å². The number of rotatable bonds is 4. The van der Waals surface area contributed by atoms with Crippen LogP contribution in [-0.4, -0.2) is 6.79 Å². The number of fused-ring (bicyclic) bond motifs is 1. The maximum absolute atomic E-state index is 6.19. The number of anilines is 1. The smallest absolute Gasteiger partial charge is 0.231 e. The van der Waals surface area contributed by atoms with Crippen LogP contribution in [0.1, 0.15) is 5.56 Å². The number of para-hydroxylation sites is 1. The molecule has 2 N–H and O–H groups in total. The van der Waals surface area contributed by atoms with Crippen LogP contribution in [0.25, 0.3) is 0 Å². The Morgan fingerprint density at radius 3 is 2.58 bits per heavy atom. The molecule has 0 atom stereocenters. The third-order valence-electron chi connectivity index (χ3n) is 2.83. The molecule has 5 heteroatoms. The zero-order valence-electron chi connectivity index (χ0n) is 10.2. The third kappa shape index (κ3) is 2.75. The molecule has 0 radical (unpaired) electrons. The highest BCUT2D eigenvalue weighted by Gasteiger charge is 2.16. The molecule has 0 amide bonds. The monoisotopic (exact) mass is 276 g/mol. The van der Waals surface area contributed by atoms with Crippen molar-refractivity contribution < 1.29 is 9.47 Å². The van der Waals surface area contributed by atoms with Gasteiger partial charge in [0.25, 0.3) is 0 Å². The van der Waals surface area contributed by atoms with E-state index < -0.39 is 0 Å². The highest BCUT2D eigenvalue weighted by molar-refractivity contribution is 6.31. The van der Waals surface area contributed by atoms with E-state index in [1.165, 1.54) is 0 Å². The second-order valence-corrected chi connectivity index (χ2v) is 4.55. The average Bonchev–Trinajstić information content (AvgIpc) is 2.87. The van der Waals surface area contributed by atoms with Gasteiger partial charge in [-0.1, -0.05) is 29.8 Å². The van der Waals surface area contributed by atoms with Crippen molar-refractivity contribution in [2.24, 2.45) is 0 Å². The van der Waals surface area contributed by atoms with Gasteiger partial charge in [0.1, 0.15) is 0 Å². The topological polar surface area (TPSA) is 42.5 Å². The van der Waals surface area contributed by atoms with Crippen molar-refractivity contribution >= 4 is 17.3 Å². The summed E-state index contributed by atoms with van der Waals surface area (Å²) >= 11 is 6.19. The van der Waals surface area contributed by atoms with E-state index in [1.807, 2.05) is 36.4 Å². The van der Waals surface area contributed by atoms with Crippen LogP contribution in [0.5, 0.6) is 11.5 Å². The standard InChI is InChI=1S/C14H13ClN2O2/c15-12-7-14-13(18-9-19-14)6-10(12)8-16-17-11-4-2-1-3-5-11/h1-7,16-17H,8-9H2. The molecule has 0 fully saturated rings. The largest absolute Gasteiger partial charge is 0.454 e. The van der Waals surface area contributed by atoms with Gasteiger partial charge in [-0.15, -0.1) is 0 Å². The predicted octanol–water partition coefficient (Wildman–Crippen LogP) is 3.19. The molecule has 1 aliphatic rings. The summed E-state index contributed by atoms with van der Waals surface area (Å²) in [5.74, 6) is 1.44. The van der Waals surface area contributed by atoms with Crippen LogP contribution in [0.2, 0.25) is 5.02 Å². The lowest BCUT2D eigenvalue weighted by Crippen LogP contribution is -2.20. The summed E-state index contributed by atoms with van der Waals surface area (Å²) in [6.45, 7) is 0.842. The minimum Gasteiger partial charge on any atom is -0.454 e. The number of benzene rings is 2. The van der Waals surface area contributed by atoms with Crippen LogP contribution in [0, 0.1) is 0 Å². The molecule has 2 aromatic carbocycles. The second-order valence-electron chi connectivity index (χ2n) is 4.14. The summed E-state index contributed by atoms with van der Waals surface area (Å²) in [5, 5.41) is 0.659. The summed E-state index contributed by atoms with van der Waals surface area (Å²) in [5.41, 5.74) is 8.18. The number of hydrazine groups is 1. The quantitative estimate of drug-likeness (QED) is 0.842. The Morgan fingerprint density at radius 1 is 1.05 bits per heavy atom. The van der Waals surface area contributed by atoms with Crippen molar-refractivity contribution in [1.82, 2.24) is 5.43 Å². The zero-order valence-corrected chi connectivity index (χ0v) is 10.9. The molecule has 3 rings (SSSR count). The Bertz CT molecular complexity index is 575. The fourth-order valence-electron chi connectivity index (χ4n) is 1.86. The van der Waals surface area contributed by atoms with Crippen LogP contribution in [0.3, 0.4) is 0 Å². The van der Waals surface area contributed by atoms with Crippen molar-refractivity contribution in [2.45, 2.75) is 6.54 Å². The van der Waals surface area contributed by atoms with E-state index in [2.05, 4.69) is 10.9 Å². The lowest BCUT2D eigenvalue weighted by atomic mass is 10.2. The van der Waals surface area contributed by atoms with Gasteiger partial charge in [-0.2, -0.15) is 0 Å². The first-order valence-corrected chi connectivity index (χ1v) is 6.33. The summed E-state index contributed by atoms with van der Waals surface area (Å²) in [6.07, 6.45) is 0. The minimum absolute atomic E-state index is 0.255. The number of hydrogen-bond acceptors (Lipinski definition) is 4. The first kappa shape index (κ1) is 12.1. The number of ether oxygens (including phenoxy) is 2. The van der Waals surface area contributed by atoms with E-state index >= 15 is 0 Å². The molecule has 1 aliphatic heterocycles. The molecule has 0 aromatic heterocycles. The average molecular weight is 277 g/mol. The van der Waals surface area contributed by atoms with E-state index in [-0.39, 0.29) is 6.79 Å². The molecule has 0 saturated carbocycles. The van der Waals surface area contributed by atoms with Crippen molar-refractivity contribution in [3.8, 4) is 11.5 Å². The predicted molar refractivity (Wildman–Crippen MR) is 74.5 cm³/mol. The van der Waals surface area contributed by atoms with Crippen LogP contribution in [0.4, 0.5) is 5.69 Å². The van der Waals surface area contributed by atoms with E-state index in [0.717, 1.165) is 17.0 Å². The SMILES string of the molecule is Clc1cc2c(cc1CNNc1ccccc1)OCO2. The fourth-order valence-corrected chi connectivity index (χ4v) is 2.08. The van der Waals surface area contributed by atoms with Gasteiger partial charge in [0, 0.05) is 23.3 Å². The van der Waals surface area contributed by atoms with Crippen LogP contribution >= 0.6 is 11.6 Å². The lowest BCUT2D eigenvalue weighted by molar-refractivity contribution is 0.174. The van der Waals surface area contributed by atoms with Crippen molar-refractivity contribution in [3.05, 3.63) is 53.1 Å². The second kappa shape index (κ2) is 5.38. The van der Waals surface area contributed by atoms with E-state index in [1.54, 1.807) is 6.07 Å². The first-order valence-electron chi connectivity index (χ1n) is 5.95. The number of halogens is 1. The molecule has 1 heterocycles. The molecule has 19 heavy (non-hydrogen) atoms. The van der Waals surface area contributed by atoms with E-state index in [4.69, 9.17) is 21.1 Å². The molecule has 0 spiro atoms. The normalized spacial score (nSPS) is 12.5. The Hall–Kier alpha value is -1.91. The maximum atomic E-state index is 6.19. The van der Waals surface area contributed by atoms with Crippen molar-refractivity contribution in [2.75, 3.05) is 12.2 Å². The van der Waals surface area contributed by atoms with Gasteiger partial charge in [0.05, 0.1) is 0 Å². The molecular weight excluding hydrogens is 264 g/mol. The van der Waals surface area contributed by atoms with Gasteiger partial charge in [-0.3, -0.25) is 0 Å². The molecule has 98 valence electrons. The van der Waals surface area contributed by atoms with Gasteiger partial charge < -0.3 is 14.9 Å². The van der Waals surface area contributed by atoms with Crippen LogP contribution < -0.4 is 20.3 Å². The first-order chi connectivity index (χ1) is 9.33. The molecule has 0 aliphatic carbocycles. The number of nitrogens with one attached hydrogen (secondary N) is 2. The Kier molecular flexibility index (Phi) is 3.44. The van der Waals surface area contributed by atoms with E-state index in [0.29, 0.717) is 17.3 Å². The molecule has 0 saturated heterocycles. The summed E-state index contributed by atoms with van der Waals surface area (Å²) in [7, 11) is 0. The molecular formula is C14H13ClN2O2. The van der Waals surface area contributed by atoms with Gasteiger partial charge in [-0.05, 0) is 23.8 Å². The maximum Gasteiger partial charge on any atom is 0.231 e. The third-order valence-corrected chi connectivity index (χ3v) is 3.18. The summed E-state index contributed by atoms with van der Waals surface area (Å²) in [6, 6.07) is 13.5. The molecule has 0 unspecified atom stereocenters. The zero-order chi connectivity index (χ0) is 13.1. The van der Waals surface area contributed by atoms with Gasteiger partial charge in [0.2, 0.25) is 6.79 Å². The minimum atomic E-state index is 0.255. The highest BCUT2D eigenvalue weighted by Crippen LogP contribution is 2.36.